The zero-order valence-corrected chi connectivity index (χ0v) is 11.7. The number of carbonyl (C=O) groups excluding carboxylic acids is 1. The molecular formula is C13H15NO5S. The van der Waals surface area contributed by atoms with E-state index >= 15 is 0 Å². The highest BCUT2D eigenvalue weighted by atomic mass is 32.2. The topological polar surface area (TPSA) is 92.7 Å². The van der Waals surface area contributed by atoms with Crippen molar-refractivity contribution in [3.63, 3.8) is 0 Å². The predicted molar refractivity (Wildman–Crippen MR) is 74.4 cm³/mol. The molecule has 0 saturated carbocycles. The van der Waals surface area contributed by atoms with Gasteiger partial charge in [-0.1, -0.05) is 11.8 Å². The highest BCUT2D eigenvalue weighted by Gasteiger charge is 2.16. The van der Waals surface area contributed by atoms with Crippen LogP contribution in [-0.2, 0) is 19.6 Å². The SMILES string of the molecule is COC(=O)CS(=O)(=O)Nc1ccc(C#CCCO)cc1. The Balaban J connectivity index is 2.71. The van der Waals surface area contributed by atoms with Crippen LogP contribution in [0.25, 0.3) is 0 Å². The normalized spacial score (nSPS) is 10.3. The molecule has 0 amide bonds. The standard InChI is InChI=1S/C13H15NO5S/c1-19-13(16)10-20(17,18)14-12-7-5-11(6-8-12)4-2-3-9-15/h5-8,14-15H,3,9-10H2,1H3. The van der Waals surface area contributed by atoms with Crippen molar-refractivity contribution in [1.82, 2.24) is 0 Å². The van der Waals surface area contributed by atoms with Crippen molar-refractivity contribution in [3.8, 4) is 11.8 Å². The fourth-order valence-electron chi connectivity index (χ4n) is 1.27. The highest BCUT2D eigenvalue weighted by molar-refractivity contribution is 7.93. The van der Waals surface area contributed by atoms with Gasteiger partial charge in [-0.15, -0.1) is 0 Å². The summed E-state index contributed by atoms with van der Waals surface area (Å²) in [5.41, 5.74) is 1.04. The minimum absolute atomic E-state index is 0.00158. The molecule has 0 bridgehead atoms. The second-order valence-electron chi connectivity index (χ2n) is 3.79. The lowest BCUT2D eigenvalue weighted by Gasteiger charge is -2.06. The Morgan fingerprint density at radius 2 is 2.00 bits per heavy atom. The number of esters is 1. The van der Waals surface area contributed by atoms with Crippen molar-refractivity contribution < 1.29 is 23.1 Å². The van der Waals surface area contributed by atoms with Crippen LogP contribution in [0.15, 0.2) is 24.3 Å². The summed E-state index contributed by atoms with van der Waals surface area (Å²) in [5.74, 6) is 4.00. The molecule has 0 aliphatic carbocycles. The molecule has 0 heterocycles. The molecule has 7 heteroatoms. The van der Waals surface area contributed by atoms with Gasteiger partial charge in [0.2, 0.25) is 10.0 Å². The van der Waals surface area contributed by atoms with Crippen LogP contribution in [0.4, 0.5) is 5.69 Å². The third-order valence-corrected chi connectivity index (χ3v) is 3.33. The Morgan fingerprint density at radius 3 is 2.55 bits per heavy atom. The Kier molecular flexibility index (Phi) is 6.03. The highest BCUT2D eigenvalue weighted by Crippen LogP contribution is 2.11. The molecular weight excluding hydrogens is 282 g/mol. The van der Waals surface area contributed by atoms with Crippen LogP contribution < -0.4 is 4.72 Å². The number of hydrogen-bond donors (Lipinski definition) is 2. The number of aliphatic hydroxyl groups excluding tert-OH is 1. The third-order valence-electron chi connectivity index (χ3n) is 2.16. The Morgan fingerprint density at radius 1 is 1.35 bits per heavy atom. The van der Waals surface area contributed by atoms with Crippen LogP contribution in [0.5, 0.6) is 0 Å². The maximum absolute atomic E-state index is 11.6. The number of benzene rings is 1. The zero-order chi connectivity index (χ0) is 15.0. The van der Waals surface area contributed by atoms with E-state index in [1.54, 1.807) is 12.1 Å². The molecule has 0 spiro atoms. The minimum atomic E-state index is -3.77. The van der Waals surface area contributed by atoms with E-state index in [9.17, 15) is 13.2 Å². The summed E-state index contributed by atoms with van der Waals surface area (Å²) >= 11 is 0. The van der Waals surface area contributed by atoms with Gasteiger partial charge in [0.05, 0.1) is 13.7 Å². The number of nitrogens with one attached hydrogen (secondary N) is 1. The van der Waals surface area contributed by atoms with E-state index in [0.29, 0.717) is 17.7 Å². The van der Waals surface area contributed by atoms with Gasteiger partial charge in [-0.05, 0) is 24.3 Å². The molecule has 1 aromatic carbocycles. The first-order valence-corrected chi connectivity index (χ1v) is 7.39. The summed E-state index contributed by atoms with van der Waals surface area (Å²) in [7, 11) is -2.65. The molecule has 0 saturated heterocycles. The molecule has 0 fully saturated rings. The smallest absolute Gasteiger partial charge is 0.322 e. The largest absolute Gasteiger partial charge is 0.468 e. The first kappa shape index (κ1) is 16.0. The van der Waals surface area contributed by atoms with Gasteiger partial charge in [-0.25, -0.2) is 8.42 Å². The van der Waals surface area contributed by atoms with E-state index in [4.69, 9.17) is 5.11 Å². The molecule has 20 heavy (non-hydrogen) atoms. The van der Waals surface area contributed by atoms with Crippen molar-refractivity contribution in [2.75, 3.05) is 24.2 Å². The molecule has 0 radical (unpaired) electrons. The van der Waals surface area contributed by atoms with Crippen LogP contribution in [0, 0.1) is 11.8 Å². The van der Waals surface area contributed by atoms with Crippen LogP contribution in [-0.4, -0.2) is 39.0 Å². The first-order chi connectivity index (χ1) is 9.46. The number of sulfonamides is 1. The van der Waals surface area contributed by atoms with Gasteiger partial charge in [-0.2, -0.15) is 0 Å². The van der Waals surface area contributed by atoms with Crippen LogP contribution in [0.3, 0.4) is 0 Å². The number of carbonyl (C=O) groups is 1. The van der Waals surface area contributed by atoms with Crippen LogP contribution in [0.1, 0.15) is 12.0 Å². The van der Waals surface area contributed by atoms with Gasteiger partial charge in [0, 0.05) is 17.7 Å². The fourth-order valence-corrected chi connectivity index (χ4v) is 2.27. The lowest BCUT2D eigenvalue weighted by atomic mass is 10.2. The second-order valence-corrected chi connectivity index (χ2v) is 5.51. The maximum atomic E-state index is 11.6. The summed E-state index contributed by atoms with van der Waals surface area (Å²) in [5, 5.41) is 8.59. The van der Waals surface area contributed by atoms with Gasteiger partial charge >= 0.3 is 5.97 Å². The molecule has 2 N–H and O–H groups in total. The number of ether oxygens (including phenoxy) is 1. The van der Waals surface area contributed by atoms with Crippen molar-refractivity contribution in [3.05, 3.63) is 29.8 Å². The van der Waals surface area contributed by atoms with Gasteiger partial charge < -0.3 is 9.84 Å². The quantitative estimate of drug-likeness (QED) is 0.604. The van der Waals surface area contributed by atoms with Gasteiger partial charge in [-0.3, -0.25) is 9.52 Å². The van der Waals surface area contributed by atoms with Gasteiger partial charge in [0.1, 0.15) is 0 Å². The Labute approximate surface area is 117 Å². The van der Waals surface area contributed by atoms with Crippen molar-refractivity contribution in [1.29, 1.82) is 0 Å². The van der Waals surface area contributed by atoms with Crippen molar-refractivity contribution in [2.45, 2.75) is 6.42 Å². The molecule has 0 aliphatic heterocycles. The molecule has 0 unspecified atom stereocenters. The van der Waals surface area contributed by atoms with E-state index in [0.717, 1.165) is 7.11 Å². The van der Waals surface area contributed by atoms with E-state index in [1.165, 1.54) is 12.1 Å². The molecule has 108 valence electrons. The zero-order valence-electron chi connectivity index (χ0n) is 10.9. The summed E-state index contributed by atoms with van der Waals surface area (Å²) in [4.78, 5) is 10.9. The lowest BCUT2D eigenvalue weighted by molar-refractivity contribution is -0.137. The van der Waals surface area contributed by atoms with E-state index in [1.807, 2.05) is 0 Å². The maximum Gasteiger partial charge on any atom is 0.322 e. The van der Waals surface area contributed by atoms with Crippen molar-refractivity contribution >= 4 is 21.7 Å². The van der Waals surface area contributed by atoms with Crippen molar-refractivity contribution in [2.24, 2.45) is 0 Å². The molecule has 1 rings (SSSR count). The Hall–Kier alpha value is -2.04. The molecule has 0 atom stereocenters. The lowest BCUT2D eigenvalue weighted by Crippen LogP contribution is -2.23. The van der Waals surface area contributed by atoms with Crippen LogP contribution >= 0.6 is 0 Å². The number of methoxy groups -OCH3 is 1. The average molecular weight is 297 g/mol. The number of anilines is 1. The Bertz CT molecular complexity index is 610. The van der Waals surface area contributed by atoms with Crippen LogP contribution in [0.2, 0.25) is 0 Å². The molecule has 1 aromatic rings. The predicted octanol–water partition coefficient (Wildman–Crippen LogP) is 0.335. The van der Waals surface area contributed by atoms with E-state index in [-0.39, 0.29) is 6.61 Å². The summed E-state index contributed by atoms with van der Waals surface area (Å²) < 4.78 is 29.8. The number of aliphatic hydroxyl groups is 1. The van der Waals surface area contributed by atoms with E-state index < -0.39 is 21.7 Å². The average Bonchev–Trinajstić information content (AvgIpc) is 2.40. The molecule has 0 aromatic heterocycles. The summed E-state index contributed by atoms with van der Waals surface area (Å²) in [6.07, 6.45) is 0.382. The molecule has 6 nitrogen and oxygen atoms in total. The summed E-state index contributed by atoms with van der Waals surface area (Å²) in [6.45, 7) is -0.00158. The van der Waals surface area contributed by atoms with E-state index in [2.05, 4.69) is 21.3 Å². The number of rotatable bonds is 5. The van der Waals surface area contributed by atoms with Gasteiger partial charge in [0.25, 0.3) is 0 Å². The second kappa shape index (κ2) is 7.53. The minimum Gasteiger partial charge on any atom is -0.468 e. The summed E-state index contributed by atoms with van der Waals surface area (Å²) in [6, 6.07) is 6.36. The number of hydrogen-bond acceptors (Lipinski definition) is 5. The third kappa shape index (κ3) is 5.73. The monoisotopic (exact) mass is 297 g/mol. The fraction of sp³-hybridized carbons (Fsp3) is 0.308. The molecule has 0 aliphatic rings. The van der Waals surface area contributed by atoms with Gasteiger partial charge in [0.15, 0.2) is 5.75 Å². The first-order valence-electron chi connectivity index (χ1n) is 5.74.